The summed E-state index contributed by atoms with van der Waals surface area (Å²) in [6.45, 7) is 6.82. The second kappa shape index (κ2) is 8.75. The molecular formula is C18H28N2O3. The third kappa shape index (κ3) is 5.41. The summed E-state index contributed by atoms with van der Waals surface area (Å²) in [7, 11) is 0. The van der Waals surface area contributed by atoms with Crippen molar-refractivity contribution in [2.75, 3.05) is 19.6 Å². The van der Waals surface area contributed by atoms with Gasteiger partial charge in [-0.25, -0.2) is 0 Å². The number of nitrogens with zero attached hydrogens (tertiary/aromatic N) is 2. The Hall–Kier alpha value is -1.78. The van der Waals surface area contributed by atoms with Gasteiger partial charge in [0.25, 0.3) is 0 Å². The molecule has 1 aliphatic heterocycles. The number of hydrogen-bond donors (Lipinski definition) is 0. The molecule has 1 aromatic heterocycles. The van der Waals surface area contributed by atoms with Crippen molar-refractivity contribution in [2.24, 2.45) is 5.92 Å². The zero-order chi connectivity index (χ0) is 16.7. The van der Waals surface area contributed by atoms with Crippen molar-refractivity contribution in [1.29, 1.82) is 0 Å². The van der Waals surface area contributed by atoms with Gasteiger partial charge in [-0.2, -0.15) is 0 Å². The molecule has 1 fully saturated rings. The lowest BCUT2D eigenvalue weighted by Crippen LogP contribution is -2.40. The Morgan fingerprint density at radius 2 is 2.04 bits per heavy atom. The van der Waals surface area contributed by atoms with Gasteiger partial charge in [0.05, 0.1) is 12.8 Å². The molecule has 0 spiro atoms. The molecule has 0 bridgehead atoms. The third-order valence-electron chi connectivity index (χ3n) is 4.48. The van der Waals surface area contributed by atoms with Crippen LogP contribution >= 0.6 is 0 Å². The average molecular weight is 320 g/mol. The summed E-state index contributed by atoms with van der Waals surface area (Å²) in [5.41, 5.74) is 0. The number of carbonyl (C=O) groups excluding carboxylic acids is 2. The van der Waals surface area contributed by atoms with Crippen molar-refractivity contribution in [3.63, 3.8) is 0 Å². The fourth-order valence-electron chi connectivity index (χ4n) is 2.90. The molecule has 0 radical (unpaired) electrons. The van der Waals surface area contributed by atoms with Crippen LogP contribution in [0.4, 0.5) is 0 Å². The zero-order valence-corrected chi connectivity index (χ0v) is 14.3. The molecule has 1 aromatic rings. The maximum Gasteiger partial charge on any atom is 0.224 e. The van der Waals surface area contributed by atoms with Gasteiger partial charge in [-0.1, -0.05) is 13.8 Å². The smallest absolute Gasteiger partial charge is 0.224 e. The molecule has 2 heterocycles. The molecule has 2 amide bonds. The summed E-state index contributed by atoms with van der Waals surface area (Å²) in [4.78, 5) is 28.3. The minimum Gasteiger partial charge on any atom is -0.467 e. The van der Waals surface area contributed by atoms with E-state index in [0.717, 1.165) is 38.1 Å². The number of furan rings is 1. The molecule has 23 heavy (non-hydrogen) atoms. The van der Waals surface area contributed by atoms with E-state index in [1.54, 1.807) is 11.2 Å². The molecule has 5 heteroatoms. The Bertz CT molecular complexity index is 490. The Morgan fingerprint density at radius 3 is 2.65 bits per heavy atom. The fraction of sp³-hybridized carbons (Fsp3) is 0.667. The molecule has 0 atom stereocenters. The van der Waals surface area contributed by atoms with Crippen molar-refractivity contribution < 1.29 is 14.0 Å². The molecule has 1 aliphatic rings. The first kappa shape index (κ1) is 17.6. The highest BCUT2D eigenvalue weighted by Gasteiger charge is 2.22. The van der Waals surface area contributed by atoms with Gasteiger partial charge in [0, 0.05) is 32.5 Å². The van der Waals surface area contributed by atoms with E-state index < -0.39 is 0 Å². The monoisotopic (exact) mass is 320 g/mol. The minimum absolute atomic E-state index is 0.0870. The highest BCUT2D eigenvalue weighted by Crippen LogP contribution is 2.17. The van der Waals surface area contributed by atoms with E-state index in [1.807, 2.05) is 24.0 Å². The average Bonchev–Trinajstić information content (AvgIpc) is 3.05. The summed E-state index contributed by atoms with van der Waals surface area (Å²) < 4.78 is 5.34. The number of likely N-dealkylation sites (tertiary alicyclic amines) is 1. The standard InChI is InChI=1S/C18H28N2O3/c1-3-5-17(21)20(14-16-6-4-13-23-16)12-9-18(22)19-10-7-15(2)8-11-19/h4,6,13,15H,3,5,7-12,14H2,1-2H3. The van der Waals surface area contributed by atoms with Gasteiger partial charge in [-0.05, 0) is 37.3 Å². The van der Waals surface area contributed by atoms with E-state index in [-0.39, 0.29) is 11.8 Å². The molecule has 1 saturated heterocycles. The topological polar surface area (TPSA) is 53.8 Å². The molecule has 2 rings (SSSR count). The van der Waals surface area contributed by atoms with Gasteiger partial charge in [-0.15, -0.1) is 0 Å². The Morgan fingerprint density at radius 1 is 1.30 bits per heavy atom. The highest BCUT2D eigenvalue weighted by atomic mass is 16.3. The molecule has 0 saturated carbocycles. The number of amides is 2. The third-order valence-corrected chi connectivity index (χ3v) is 4.48. The lowest BCUT2D eigenvalue weighted by Gasteiger charge is -2.31. The highest BCUT2D eigenvalue weighted by molar-refractivity contribution is 5.79. The van der Waals surface area contributed by atoms with E-state index in [1.165, 1.54) is 0 Å². The lowest BCUT2D eigenvalue weighted by molar-refractivity contribution is -0.135. The van der Waals surface area contributed by atoms with Crippen LogP contribution in [0.15, 0.2) is 22.8 Å². The Balaban J connectivity index is 1.86. The van der Waals surface area contributed by atoms with Crippen molar-refractivity contribution >= 4 is 11.8 Å². The van der Waals surface area contributed by atoms with E-state index in [9.17, 15) is 9.59 Å². The van der Waals surface area contributed by atoms with Gasteiger partial charge >= 0.3 is 0 Å². The first-order chi connectivity index (χ1) is 11.1. The zero-order valence-electron chi connectivity index (χ0n) is 14.3. The minimum atomic E-state index is 0.0870. The number of piperidine rings is 1. The number of hydrogen-bond acceptors (Lipinski definition) is 3. The van der Waals surface area contributed by atoms with E-state index >= 15 is 0 Å². The maximum atomic E-state index is 12.4. The first-order valence-corrected chi connectivity index (χ1v) is 8.68. The number of rotatable bonds is 7. The predicted octanol–water partition coefficient (Wildman–Crippen LogP) is 3.06. The maximum absolute atomic E-state index is 12.4. The Kier molecular flexibility index (Phi) is 6.68. The van der Waals surface area contributed by atoms with Gasteiger partial charge in [0.15, 0.2) is 0 Å². The molecule has 128 valence electrons. The van der Waals surface area contributed by atoms with Gasteiger partial charge in [0.2, 0.25) is 11.8 Å². The van der Waals surface area contributed by atoms with Gasteiger partial charge < -0.3 is 14.2 Å². The van der Waals surface area contributed by atoms with Crippen LogP contribution in [0, 0.1) is 5.92 Å². The SMILES string of the molecule is CCCC(=O)N(CCC(=O)N1CCC(C)CC1)Cc1ccco1. The molecule has 0 aromatic carbocycles. The molecule has 5 nitrogen and oxygen atoms in total. The van der Waals surface area contributed by atoms with Crippen LogP contribution in [0.1, 0.15) is 51.7 Å². The van der Waals surface area contributed by atoms with Crippen LogP contribution in [-0.4, -0.2) is 41.2 Å². The normalized spacial score (nSPS) is 15.7. The molecular weight excluding hydrogens is 292 g/mol. The number of carbonyl (C=O) groups is 2. The molecule has 0 aliphatic carbocycles. The first-order valence-electron chi connectivity index (χ1n) is 8.68. The second-order valence-corrected chi connectivity index (χ2v) is 6.46. The van der Waals surface area contributed by atoms with Crippen LogP contribution in [0.2, 0.25) is 0 Å². The van der Waals surface area contributed by atoms with Crippen LogP contribution in [0.3, 0.4) is 0 Å². The van der Waals surface area contributed by atoms with E-state index in [0.29, 0.717) is 31.8 Å². The lowest BCUT2D eigenvalue weighted by atomic mass is 9.99. The Labute approximate surface area is 138 Å². The van der Waals surface area contributed by atoms with Gasteiger partial charge in [-0.3, -0.25) is 9.59 Å². The molecule has 0 N–H and O–H groups in total. The van der Waals surface area contributed by atoms with Crippen molar-refractivity contribution in [2.45, 2.75) is 52.5 Å². The largest absolute Gasteiger partial charge is 0.467 e. The summed E-state index contributed by atoms with van der Waals surface area (Å²) in [6, 6.07) is 3.68. The van der Waals surface area contributed by atoms with Crippen molar-refractivity contribution in [1.82, 2.24) is 9.80 Å². The van der Waals surface area contributed by atoms with E-state index in [4.69, 9.17) is 4.42 Å². The predicted molar refractivity (Wildman–Crippen MR) is 88.6 cm³/mol. The second-order valence-electron chi connectivity index (χ2n) is 6.46. The summed E-state index contributed by atoms with van der Waals surface area (Å²) in [6.07, 6.45) is 5.48. The summed E-state index contributed by atoms with van der Waals surface area (Å²) in [5, 5.41) is 0. The van der Waals surface area contributed by atoms with Crippen molar-refractivity contribution in [3.8, 4) is 0 Å². The summed E-state index contributed by atoms with van der Waals surface area (Å²) >= 11 is 0. The van der Waals surface area contributed by atoms with Crippen molar-refractivity contribution in [3.05, 3.63) is 24.2 Å². The van der Waals surface area contributed by atoms with Crippen LogP contribution < -0.4 is 0 Å². The van der Waals surface area contributed by atoms with Crippen LogP contribution in [0.5, 0.6) is 0 Å². The summed E-state index contributed by atoms with van der Waals surface area (Å²) in [5.74, 6) is 1.71. The molecule has 0 unspecified atom stereocenters. The van der Waals surface area contributed by atoms with E-state index in [2.05, 4.69) is 6.92 Å². The fourth-order valence-corrected chi connectivity index (χ4v) is 2.90. The van der Waals surface area contributed by atoms with Crippen LogP contribution in [0.25, 0.3) is 0 Å². The van der Waals surface area contributed by atoms with Crippen LogP contribution in [-0.2, 0) is 16.1 Å². The quantitative estimate of drug-likeness (QED) is 0.776. The van der Waals surface area contributed by atoms with Gasteiger partial charge in [0.1, 0.15) is 5.76 Å².